The molecular formula is C13H12FN3O2S. The molecule has 0 atom stereocenters. The summed E-state index contributed by atoms with van der Waals surface area (Å²) in [6.45, 7) is 1.68. The van der Waals surface area contributed by atoms with Gasteiger partial charge >= 0.3 is 0 Å². The average Bonchev–Trinajstić information content (AvgIpc) is 3.03. The lowest BCUT2D eigenvalue weighted by molar-refractivity contribution is -0.113. The highest BCUT2D eigenvalue weighted by molar-refractivity contribution is 8.18. The molecule has 0 saturated carbocycles. The average molecular weight is 293 g/mol. The van der Waals surface area contributed by atoms with Gasteiger partial charge in [0.25, 0.3) is 5.91 Å². The number of halogens is 1. The fraction of sp³-hybridized carbons (Fsp3) is 0.231. The molecule has 1 amide bonds. The SMILES string of the molecule is O=C1N=C(N2CCCN2)S/C1=C\c1ccc(F)cc1O. The molecule has 5 nitrogen and oxygen atoms in total. The Hall–Kier alpha value is -1.86. The third-order valence-electron chi connectivity index (χ3n) is 2.98. The number of phenols is 1. The van der Waals surface area contributed by atoms with Crippen molar-refractivity contribution in [1.29, 1.82) is 0 Å². The fourth-order valence-electron chi connectivity index (χ4n) is 1.99. The Balaban J connectivity index is 1.82. The number of thioether (sulfide) groups is 1. The standard InChI is InChI=1S/C13H12FN3O2S/c14-9-3-2-8(10(18)7-9)6-11-12(19)16-13(20-11)17-5-1-4-15-17/h2-3,6-7,15,18H,1,4-5H2/b11-6-. The van der Waals surface area contributed by atoms with Gasteiger partial charge in [-0.15, -0.1) is 0 Å². The lowest BCUT2D eigenvalue weighted by Crippen LogP contribution is -2.34. The number of carbonyl (C=O) groups excluding carboxylic acids is 1. The van der Waals surface area contributed by atoms with Crippen molar-refractivity contribution in [2.24, 2.45) is 4.99 Å². The van der Waals surface area contributed by atoms with Crippen LogP contribution in [0.25, 0.3) is 6.08 Å². The number of hydrogen-bond donors (Lipinski definition) is 2. The van der Waals surface area contributed by atoms with E-state index in [9.17, 15) is 14.3 Å². The van der Waals surface area contributed by atoms with Crippen LogP contribution < -0.4 is 5.43 Å². The second kappa shape index (κ2) is 5.26. The topological polar surface area (TPSA) is 64.9 Å². The molecule has 2 aliphatic rings. The van der Waals surface area contributed by atoms with Gasteiger partial charge in [-0.1, -0.05) is 0 Å². The molecule has 0 aromatic heterocycles. The Morgan fingerprint density at radius 1 is 1.50 bits per heavy atom. The minimum absolute atomic E-state index is 0.196. The first kappa shape index (κ1) is 13.1. The van der Waals surface area contributed by atoms with Crippen LogP contribution in [0, 0.1) is 5.82 Å². The summed E-state index contributed by atoms with van der Waals surface area (Å²) < 4.78 is 12.9. The van der Waals surface area contributed by atoms with Crippen molar-refractivity contribution in [2.75, 3.05) is 13.1 Å². The van der Waals surface area contributed by atoms with Crippen LogP contribution in [0.15, 0.2) is 28.1 Å². The van der Waals surface area contributed by atoms with Crippen LogP contribution in [-0.2, 0) is 4.79 Å². The second-order valence-electron chi connectivity index (χ2n) is 4.43. The first-order valence-corrected chi connectivity index (χ1v) is 6.97. The normalized spacial score (nSPS) is 20.9. The van der Waals surface area contributed by atoms with Gasteiger partial charge in [0.1, 0.15) is 11.6 Å². The number of nitrogens with zero attached hydrogens (tertiary/aromatic N) is 2. The molecule has 2 N–H and O–H groups in total. The third-order valence-corrected chi connectivity index (χ3v) is 3.99. The van der Waals surface area contributed by atoms with Crippen molar-refractivity contribution in [1.82, 2.24) is 10.4 Å². The van der Waals surface area contributed by atoms with Crippen molar-refractivity contribution < 1.29 is 14.3 Å². The summed E-state index contributed by atoms with van der Waals surface area (Å²) in [4.78, 5) is 16.2. The van der Waals surface area contributed by atoms with Crippen LogP contribution in [-0.4, -0.2) is 34.3 Å². The zero-order valence-electron chi connectivity index (χ0n) is 10.5. The molecule has 20 heavy (non-hydrogen) atoms. The number of rotatable bonds is 1. The molecule has 2 aliphatic heterocycles. The maximum Gasteiger partial charge on any atom is 0.286 e. The van der Waals surface area contributed by atoms with Crippen LogP contribution in [0.5, 0.6) is 5.75 Å². The number of aromatic hydroxyl groups is 1. The Morgan fingerprint density at radius 2 is 2.35 bits per heavy atom. The molecule has 0 radical (unpaired) electrons. The third kappa shape index (κ3) is 2.54. The Kier molecular flexibility index (Phi) is 3.45. The van der Waals surface area contributed by atoms with Gasteiger partial charge in [-0.2, -0.15) is 4.99 Å². The predicted molar refractivity (Wildman–Crippen MR) is 75.4 cm³/mol. The van der Waals surface area contributed by atoms with Crippen LogP contribution in [0.4, 0.5) is 4.39 Å². The molecule has 7 heteroatoms. The monoisotopic (exact) mass is 293 g/mol. The van der Waals surface area contributed by atoms with Crippen molar-refractivity contribution >= 4 is 28.9 Å². The summed E-state index contributed by atoms with van der Waals surface area (Å²) in [5.74, 6) is -1.06. The van der Waals surface area contributed by atoms with E-state index < -0.39 is 5.82 Å². The number of benzene rings is 1. The van der Waals surface area contributed by atoms with Gasteiger partial charge in [0.2, 0.25) is 0 Å². The molecule has 0 aliphatic carbocycles. The molecule has 1 aromatic rings. The van der Waals surface area contributed by atoms with Crippen LogP contribution >= 0.6 is 11.8 Å². The maximum atomic E-state index is 12.9. The number of nitrogens with one attached hydrogen (secondary N) is 1. The van der Waals surface area contributed by atoms with Gasteiger partial charge in [0.05, 0.1) is 4.91 Å². The molecule has 104 valence electrons. The zero-order valence-corrected chi connectivity index (χ0v) is 11.3. The van der Waals surface area contributed by atoms with Crippen molar-refractivity contribution in [2.45, 2.75) is 6.42 Å². The second-order valence-corrected chi connectivity index (χ2v) is 5.44. The summed E-state index contributed by atoms with van der Waals surface area (Å²) in [5, 5.41) is 12.1. The smallest absolute Gasteiger partial charge is 0.286 e. The highest BCUT2D eigenvalue weighted by Gasteiger charge is 2.27. The Bertz CT molecular complexity index is 624. The fourth-order valence-corrected chi connectivity index (χ4v) is 2.90. The first-order valence-electron chi connectivity index (χ1n) is 6.15. The van der Waals surface area contributed by atoms with E-state index in [1.54, 1.807) is 0 Å². The van der Waals surface area contributed by atoms with Gasteiger partial charge in [-0.3, -0.25) is 9.80 Å². The van der Waals surface area contributed by atoms with E-state index in [-0.39, 0.29) is 11.7 Å². The van der Waals surface area contributed by atoms with E-state index in [0.717, 1.165) is 25.6 Å². The van der Waals surface area contributed by atoms with Gasteiger partial charge in [-0.05, 0) is 36.4 Å². The molecule has 1 aromatic carbocycles. The number of carbonyl (C=O) groups is 1. The molecular weight excluding hydrogens is 281 g/mol. The molecule has 1 saturated heterocycles. The first-order chi connectivity index (χ1) is 9.63. The summed E-state index contributed by atoms with van der Waals surface area (Å²) in [7, 11) is 0. The zero-order chi connectivity index (χ0) is 14.1. The maximum absolute atomic E-state index is 12.9. The predicted octanol–water partition coefficient (Wildman–Crippen LogP) is 1.71. The number of hydrazine groups is 1. The summed E-state index contributed by atoms with van der Waals surface area (Å²) in [6.07, 6.45) is 2.53. The van der Waals surface area contributed by atoms with E-state index in [4.69, 9.17) is 0 Å². The highest BCUT2D eigenvalue weighted by atomic mass is 32.2. The Labute approximate surface area is 119 Å². The molecule has 0 bridgehead atoms. The van der Waals surface area contributed by atoms with Crippen molar-refractivity contribution in [3.05, 3.63) is 34.5 Å². The van der Waals surface area contributed by atoms with Gasteiger partial charge < -0.3 is 5.11 Å². The molecule has 0 spiro atoms. The van der Waals surface area contributed by atoms with Crippen molar-refractivity contribution in [3.8, 4) is 5.75 Å². The van der Waals surface area contributed by atoms with E-state index >= 15 is 0 Å². The van der Waals surface area contributed by atoms with E-state index in [2.05, 4.69) is 10.4 Å². The van der Waals surface area contributed by atoms with Crippen molar-refractivity contribution in [3.63, 3.8) is 0 Å². The summed E-state index contributed by atoms with van der Waals surface area (Å²) in [5.41, 5.74) is 3.52. The lowest BCUT2D eigenvalue weighted by atomic mass is 10.2. The van der Waals surface area contributed by atoms with E-state index in [0.29, 0.717) is 15.6 Å². The van der Waals surface area contributed by atoms with Crippen LogP contribution in [0.3, 0.4) is 0 Å². The summed E-state index contributed by atoms with van der Waals surface area (Å²) in [6, 6.07) is 3.68. The number of amides is 1. The van der Waals surface area contributed by atoms with Crippen LogP contribution in [0.2, 0.25) is 0 Å². The molecule has 2 heterocycles. The van der Waals surface area contributed by atoms with E-state index in [1.165, 1.54) is 30.0 Å². The van der Waals surface area contributed by atoms with E-state index in [1.807, 2.05) is 5.01 Å². The van der Waals surface area contributed by atoms with Gasteiger partial charge in [0, 0.05) is 24.7 Å². The molecule has 3 rings (SSSR count). The van der Waals surface area contributed by atoms with Gasteiger partial charge in [-0.25, -0.2) is 9.82 Å². The number of hydrogen-bond acceptors (Lipinski definition) is 5. The lowest BCUT2D eigenvalue weighted by Gasteiger charge is -2.15. The minimum atomic E-state index is -0.520. The molecule has 0 unspecified atom stereocenters. The number of amidine groups is 1. The molecule has 1 fully saturated rings. The van der Waals surface area contributed by atoms with Crippen LogP contribution in [0.1, 0.15) is 12.0 Å². The Morgan fingerprint density at radius 3 is 3.05 bits per heavy atom. The van der Waals surface area contributed by atoms with Gasteiger partial charge in [0.15, 0.2) is 5.17 Å². The largest absolute Gasteiger partial charge is 0.507 e. The summed E-state index contributed by atoms with van der Waals surface area (Å²) >= 11 is 1.24. The number of phenolic OH excluding ortho intramolecular Hbond substituents is 1. The minimum Gasteiger partial charge on any atom is -0.507 e. The highest BCUT2D eigenvalue weighted by Crippen LogP contribution is 2.32. The number of aliphatic imine (C=N–C) groups is 1. The quantitative estimate of drug-likeness (QED) is 0.772.